The SMILES string of the molecule is Cc1c(C(=O)NC2CC3(C2)CC(Oc2nn(-c4ccccc4)cc2C(N)=O)C3)cnn1-c1ccc(C#N)cc1. The van der Waals surface area contributed by atoms with Crippen molar-refractivity contribution in [2.75, 3.05) is 0 Å². The Bertz CT molecular complexity index is 1580. The number of para-hydroxylation sites is 1. The first kappa shape index (κ1) is 24.4. The Labute approximate surface area is 225 Å². The van der Waals surface area contributed by atoms with Crippen LogP contribution in [0.5, 0.6) is 5.88 Å². The number of carbonyl (C=O) groups is 2. The van der Waals surface area contributed by atoms with Crippen LogP contribution >= 0.6 is 0 Å². The first-order chi connectivity index (χ1) is 18.8. The van der Waals surface area contributed by atoms with E-state index in [9.17, 15) is 9.59 Å². The maximum absolute atomic E-state index is 13.0. The van der Waals surface area contributed by atoms with E-state index in [1.807, 2.05) is 49.4 Å². The second-order valence-corrected chi connectivity index (χ2v) is 10.4. The molecule has 2 aromatic carbocycles. The lowest BCUT2D eigenvalue weighted by atomic mass is 9.53. The van der Waals surface area contributed by atoms with Gasteiger partial charge < -0.3 is 15.8 Å². The Balaban J connectivity index is 1.03. The van der Waals surface area contributed by atoms with E-state index in [0.29, 0.717) is 11.1 Å². The van der Waals surface area contributed by atoms with Crippen LogP contribution in [0.2, 0.25) is 0 Å². The molecular formula is C29H27N7O3. The molecule has 3 N–H and O–H groups in total. The Morgan fingerprint density at radius 2 is 1.77 bits per heavy atom. The standard InChI is InChI=1S/C29H27N7O3/c1-18-24(16-32-36(18)22-9-7-19(15-30)8-10-22)27(38)33-20-11-29(12-20)13-23(14-29)39-28-25(26(31)37)17-35(34-28)21-5-3-2-4-6-21/h2-10,16-17,20,23H,11-14H2,1H3,(H2,31,37)(H,33,38). The molecule has 2 heterocycles. The normalized spacial score (nSPS) is 21.4. The van der Waals surface area contributed by atoms with Gasteiger partial charge >= 0.3 is 0 Å². The summed E-state index contributed by atoms with van der Waals surface area (Å²) in [6.45, 7) is 1.86. The van der Waals surface area contributed by atoms with Crippen LogP contribution in [0.15, 0.2) is 67.0 Å². The van der Waals surface area contributed by atoms with Crippen molar-refractivity contribution >= 4 is 11.8 Å². The van der Waals surface area contributed by atoms with Crippen molar-refractivity contribution in [3.05, 3.63) is 89.4 Å². The highest BCUT2D eigenvalue weighted by Crippen LogP contribution is 2.56. The number of amides is 2. The summed E-state index contributed by atoms with van der Waals surface area (Å²) in [4.78, 5) is 24.9. The number of nitrogens with zero attached hydrogens (tertiary/aromatic N) is 5. The van der Waals surface area contributed by atoms with Crippen LogP contribution in [-0.2, 0) is 0 Å². The highest BCUT2D eigenvalue weighted by molar-refractivity contribution is 5.95. The largest absolute Gasteiger partial charge is 0.473 e. The van der Waals surface area contributed by atoms with Gasteiger partial charge in [-0.3, -0.25) is 9.59 Å². The van der Waals surface area contributed by atoms with Crippen LogP contribution in [-0.4, -0.2) is 43.5 Å². The summed E-state index contributed by atoms with van der Waals surface area (Å²) >= 11 is 0. The number of rotatable bonds is 7. The van der Waals surface area contributed by atoms with E-state index in [1.165, 1.54) is 0 Å². The zero-order chi connectivity index (χ0) is 27.1. The van der Waals surface area contributed by atoms with Crippen molar-refractivity contribution in [1.29, 1.82) is 5.26 Å². The molecule has 0 aliphatic heterocycles. The second-order valence-electron chi connectivity index (χ2n) is 10.4. The minimum atomic E-state index is -0.578. The number of primary amides is 1. The third-order valence-electron chi connectivity index (χ3n) is 7.76. The van der Waals surface area contributed by atoms with Gasteiger partial charge in [-0.2, -0.15) is 10.4 Å². The van der Waals surface area contributed by atoms with Crippen LogP contribution in [0.25, 0.3) is 11.4 Å². The number of hydrogen-bond acceptors (Lipinski definition) is 6. The fraction of sp³-hybridized carbons (Fsp3) is 0.276. The van der Waals surface area contributed by atoms with E-state index >= 15 is 0 Å². The summed E-state index contributed by atoms with van der Waals surface area (Å²) in [5.41, 5.74) is 9.42. The molecular weight excluding hydrogens is 494 g/mol. The van der Waals surface area contributed by atoms with Crippen molar-refractivity contribution in [2.45, 2.75) is 44.8 Å². The molecule has 196 valence electrons. The lowest BCUT2D eigenvalue weighted by Crippen LogP contribution is -2.58. The Kier molecular flexibility index (Phi) is 5.91. The van der Waals surface area contributed by atoms with Crippen LogP contribution in [0.1, 0.15) is 57.7 Å². The molecule has 2 aliphatic carbocycles. The number of nitrogens with two attached hydrogens (primary N) is 1. The average Bonchev–Trinajstić information content (AvgIpc) is 3.50. The maximum Gasteiger partial charge on any atom is 0.255 e. The summed E-state index contributed by atoms with van der Waals surface area (Å²) in [6.07, 6.45) is 6.56. The first-order valence-electron chi connectivity index (χ1n) is 12.8. The molecule has 2 fully saturated rings. The lowest BCUT2D eigenvalue weighted by Gasteiger charge is -2.57. The Morgan fingerprint density at radius 3 is 2.44 bits per heavy atom. The molecule has 2 aromatic heterocycles. The minimum absolute atomic E-state index is 0.0493. The second kappa shape index (κ2) is 9.44. The van der Waals surface area contributed by atoms with Gasteiger partial charge in [-0.15, -0.1) is 5.10 Å². The van der Waals surface area contributed by atoms with Gasteiger partial charge in [0, 0.05) is 12.2 Å². The van der Waals surface area contributed by atoms with Gasteiger partial charge in [-0.05, 0) is 74.4 Å². The zero-order valence-electron chi connectivity index (χ0n) is 21.4. The number of ether oxygens (including phenoxy) is 1. The van der Waals surface area contributed by atoms with Gasteiger partial charge in [0.2, 0.25) is 5.88 Å². The van der Waals surface area contributed by atoms with Gasteiger partial charge in [-0.1, -0.05) is 18.2 Å². The minimum Gasteiger partial charge on any atom is -0.473 e. The molecule has 0 radical (unpaired) electrons. The lowest BCUT2D eigenvalue weighted by molar-refractivity contribution is -0.0848. The van der Waals surface area contributed by atoms with E-state index in [4.69, 9.17) is 15.7 Å². The fourth-order valence-electron chi connectivity index (χ4n) is 5.73. The molecule has 0 saturated heterocycles. The van der Waals surface area contributed by atoms with Crippen LogP contribution in [0, 0.1) is 23.7 Å². The maximum atomic E-state index is 13.0. The van der Waals surface area contributed by atoms with E-state index in [0.717, 1.165) is 42.8 Å². The van der Waals surface area contributed by atoms with E-state index in [1.54, 1.807) is 33.9 Å². The molecule has 1 spiro atoms. The third-order valence-corrected chi connectivity index (χ3v) is 7.76. The molecule has 0 atom stereocenters. The van der Waals surface area contributed by atoms with Crippen molar-refractivity contribution in [3.8, 4) is 23.3 Å². The zero-order valence-corrected chi connectivity index (χ0v) is 21.4. The van der Waals surface area contributed by atoms with Crippen molar-refractivity contribution in [1.82, 2.24) is 24.9 Å². The average molecular weight is 522 g/mol. The summed E-state index contributed by atoms with van der Waals surface area (Å²) in [5.74, 6) is -0.465. The molecule has 2 saturated carbocycles. The molecule has 10 nitrogen and oxygen atoms in total. The molecule has 2 aliphatic rings. The Morgan fingerprint density at radius 1 is 1.05 bits per heavy atom. The van der Waals surface area contributed by atoms with Gasteiger partial charge in [0.15, 0.2) is 0 Å². The van der Waals surface area contributed by atoms with Crippen molar-refractivity contribution in [3.63, 3.8) is 0 Å². The molecule has 10 heteroatoms. The number of nitrogens with one attached hydrogen (secondary N) is 1. The topological polar surface area (TPSA) is 141 Å². The van der Waals surface area contributed by atoms with E-state index < -0.39 is 5.91 Å². The fourth-order valence-corrected chi connectivity index (χ4v) is 5.73. The highest BCUT2D eigenvalue weighted by atomic mass is 16.5. The molecule has 39 heavy (non-hydrogen) atoms. The van der Waals surface area contributed by atoms with Crippen LogP contribution < -0.4 is 15.8 Å². The first-order valence-corrected chi connectivity index (χ1v) is 12.8. The molecule has 6 rings (SSSR count). The number of carbonyl (C=O) groups excluding carboxylic acids is 2. The van der Waals surface area contributed by atoms with E-state index in [-0.39, 0.29) is 34.9 Å². The number of nitriles is 1. The predicted molar refractivity (Wildman–Crippen MR) is 142 cm³/mol. The van der Waals surface area contributed by atoms with Crippen molar-refractivity contribution < 1.29 is 14.3 Å². The summed E-state index contributed by atoms with van der Waals surface area (Å²) in [7, 11) is 0. The number of aromatic nitrogens is 4. The summed E-state index contributed by atoms with van der Waals surface area (Å²) in [5, 5.41) is 21.0. The number of hydrogen-bond donors (Lipinski definition) is 2. The summed E-state index contributed by atoms with van der Waals surface area (Å²) < 4.78 is 9.39. The highest BCUT2D eigenvalue weighted by Gasteiger charge is 2.54. The number of benzene rings is 2. The van der Waals surface area contributed by atoms with Crippen LogP contribution in [0.3, 0.4) is 0 Å². The van der Waals surface area contributed by atoms with Gasteiger partial charge in [0.05, 0.1) is 40.5 Å². The molecule has 0 bridgehead atoms. The molecule has 4 aromatic rings. The van der Waals surface area contributed by atoms with E-state index in [2.05, 4.69) is 21.6 Å². The van der Waals surface area contributed by atoms with Gasteiger partial charge in [0.1, 0.15) is 11.7 Å². The smallest absolute Gasteiger partial charge is 0.255 e. The molecule has 0 unspecified atom stereocenters. The van der Waals surface area contributed by atoms with Gasteiger partial charge in [-0.25, -0.2) is 9.36 Å². The van der Waals surface area contributed by atoms with Gasteiger partial charge in [0.25, 0.3) is 11.8 Å². The van der Waals surface area contributed by atoms with Crippen LogP contribution in [0.4, 0.5) is 0 Å². The Hall–Kier alpha value is -4.91. The quantitative estimate of drug-likeness (QED) is 0.382. The third kappa shape index (κ3) is 4.52. The molecule has 2 amide bonds. The van der Waals surface area contributed by atoms with Crippen molar-refractivity contribution in [2.24, 2.45) is 11.1 Å². The summed E-state index contributed by atoms with van der Waals surface area (Å²) in [6, 6.07) is 18.7. The monoisotopic (exact) mass is 521 g/mol. The predicted octanol–water partition coefficient (Wildman–Crippen LogP) is 3.46.